The van der Waals surface area contributed by atoms with E-state index in [0.29, 0.717) is 12.8 Å². The fourth-order valence-electron chi connectivity index (χ4n) is 0.660. The maximum Gasteiger partial charge on any atom is 0.312 e. The third kappa shape index (κ3) is 4.87. The van der Waals surface area contributed by atoms with E-state index in [4.69, 9.17) is 18.6 Å². The molecule has 0 aliphatic heterocycles. The molecule has 0 aromatic carbocycles. The molecule has 0 rings (SSSR count). The highest BCUT2D eigenvalue weighted by atomic mass is 16.2. The van der Waals surface area contributed by atoms with Crippen molar-refractivity contribution in [3.05, 3.63) is 0 Å². The Morgan fingerprint density at radius 2 is 1.91 bits per heavy atom. The van der Waals surface area contributed by atoms with Crippen LogP contribution in [0.1, 0.15) is 12.8 Å². The number of hydrogen-bond acceptors (Lipinski definition) is 1. The molecule has 0 heterocycles. The quantitative estimate of drug-likeness (QED) is 0.549. The molecule has 0 aromatic heterocycles. The fourth-order valence-corrected chi connectivity index (χ4v) is 0.660. The minimum atomic E-state index is -0.597. The van der Waals surface area contributed by atoms with Gasteiger partial charge in [-0.05, 0) is 0 Å². The minimum Gasteiger partial charge on any atom is -0.352 e. The maximum absolute atomic E-state index is 10.3. The highest BCUT2D eigenvalue weighted by molar-refractivity contribution is 5.72. The van der Waals surface area contributed by atoms with Gasteiger partial charge in [-0.1, -0.05) is 0 Å². The van der Waals surface area contributed by atoms with Crippen molar-refractivity contribution in [1.29, 1.82) is 0 Å². The number of terminal acetylenes is 2. The smallest absolute Gasteiger partial charge is 0.312 e. The maximum atomic E-state index is 10.3. The highest BCUT2D eigenvalue weighted by Gasteiger charge is 2.05. The molecule has 0 saturated carbocycles. The van der Waals surface area contributed by atoms with Gasteiger partial charge in [0.2, 0.25) is 0 Å². The molecule has 0 aliphatic carbocycles. The lowest BCUT2D eigenvalue weighted by atomic mass is 10.1. The van der Waals surface area contributed by atoms with Gasteiger partial charge in [-0.2, -0.15) is 0 Å². The lowest BCUT2D eigenvalue weighted by Crippen LogP contribution is -2.38. The first-order valence-electron chi connectivity index (χ1n) is 3.13. The zero-order chi connectivity index (χ0) is 8.69. The number of nitrogens with one attached hydrogen (secondary N) is 1. The SMILES string of the molecule is C#CCC(CC#C)NC(N)=O. The van der Waals surface area contributed by atoms with Gasteiger partial charge in [0.1, 0.15) is 0 Å². The molecule has 0 fully saturated rings. The van der Waals surface area contributed by atoms with E-state index in [-0.39, 0.29) is 6.04 Å². The molecule has 0 radical (unpaired) electrons. The van der Waals surface area contributed by atoms with Crippen molar-refractivity contribution < 1.29 is 4.79 Å². The number of amides is 2. The van der Waals surface area contributed by atoms with Crippen molar-refractivity contribution in [2.24, 2.45) is 5.73 Å². The second-order valence-corrected chi connectivity index (χ2v) is 2.02. The standard InChI is InChI=1S/C8H10N2O/c1-3-5-7(6-4-2)10-8(9)11/h1-2,7H,5-6H2,(H3,9,10,11). The van der Waals surface area contributed by atoms with E-state index in [0.717, 1.165) is 0 Å². The normalized spacial score (nSPS) is 8.27. The molecule has 3 heteroatoms. The molecule has 3 nitrogen and oxygen atoms in total. The molecule has 0 atom stereocenters. The third-order valence-corrected chi connectivity index (χ3v) is 1.07. The van der Waals surface area contributed by atoms with Crippen molar-refractivity contribution in [3.8, 4) is 24.7 Å². The lowest BCUT2D eigenvalue weighted by molar-refractivity contribution is 0.245. The van der Waals surface area contributed by atoms with Gasteiger partial charge in [-0.15, -0.1) is 24.7 Å². The van der Waals surface area contributed by atoms with Crippen LogP contribution >= 0.6 is 0 Å². The van der Waals surface area contributed by atoms with Crippen LogP contribution in [-0.2, 0) is 0 Å². The summed E-state index contributed by atoms with van der Waals surface area (Å²) >= 11 is 0. The summed E-state index contributed by atoms with van der Waals surface area (Å²) in [6.45, 7) is 0. The van der Waals surface area contributed by atoms with Gasteiger partial charge in [-0.25, -0.2) is 4.79 Å². The summed E-state index contributed by atoms with van der Waals surface area (Å²) in [7, 11) is 0. The first-order valence-corrected chi connectivity index (χ1v) is 3.13. The Kier molecular flexibility index (Phi) is 4.44. The summed E-state index contributed by atoms with van der Waals surface area (Å²) in [6.07, 6.45) is 10.9. The van der Waals surface area contributed by atoms with Crippen molar-refractivity contribution in [2.45, 2.75) is 18.9 Å². The average Bonchev–Trinajstić information content (AvgIpc) is 1.87. The molecule has 0 spiro atoms. The number of carbonyl (C=O) groups is 1. The zero-order valence-corrected chi connectivity index (χ0v) is 6.13. The van der Waals surface area contributed by atoms with E-state index >= 15 is 0 Å². The van der Waals surface area contributed by atoms with Gasteiger partial charge >= 0.3 is 6.03 Å². The fraction of sp³-hybridized carbons (Fsp3) is 0.375. The minimum absolute atomic E-state index is 0.192. The Hall–Kier alpha value is -1.61. The van der Waals surface area contributed by atoms with Crippen LogP contribution in [0.15, 0.2) is 0 Å². The van der Waals surface area contributed by atoms with Crippen molar-refractivity contribution in [2.75, 3.05) is 0 Å². The van der Waals surface area contributed by atoms with Crippen LogP contribution < -0.4 is 11.1 Å². The Bertz CT molecular complexity index is 193. The molecule has 0 bridgehead atoms. The van der Waals surface area contributed by atoms with Crippen LogP contribution in [0.5, 0.6) is 0 Å². The molecule has 0 aromatic rings. The number of carbonyl (C=O) groups excluding carboxylic acids is 1. The summed E-state index contributed by atoms with van der Waals surface area (Å²) in [5.41, 5.74) is 4.87. The van der Waals surface area contributed by atoms with Crippen LogP contribution in [0.3, 0.4) is 0 Å². The first-order chi connectivity index (χ1) is 5.20. The van der Waals surface area contributed by atoms with E-state index in [1.165, 1.54) is 0 Å². The Morgan fingerprint density at radius 1 is 1.45 bits per heavy atom. The molecule has 11 heavy (non-hydrogen) atoms. The average molecular weight is 150 g/mol. The van der Waals surface area contributed by atoms with E-state index < -0.39 is 6.03 Å². The number of urea groups is 1. The van der Waals surface area contributed by atoms with E-state index in [1.807, 2.05) is 0 Å². The number of rotatable bonds is 3. The third-order valence-electron chi connectivity index (χ3n) is 1.07. The topological polar surface area (TPSA) is 55.1 Å². The van der Waals surface area contributed by atoms with Gasteiger partial charge in [0, 0.05) is 12.8 Å². The molecule has 0 unspecified atom stereocenters. The van der Waals surface area contributed by atoms with E-state index in [1.54, 1.807) is 0 Å². The van der Waals surface area contributed by atoms with Gasteiger partial charge in [0.15, 0.2) is 0 Å². The predicted molar refractivity (Wildman–Crippen MR) is 43.4 cm³/mol. The van der Waals surface area contributed by atoms with Crippen LogP contribution in [0.4, 0.5) is 4.79 Å². The van der Waals surface area contributed by atoms with Crippen LogP contribution in [0.2, 0.25) is 0 Å². The second-order valence-electron chi connectivity index (χ2n) is 2.02. The second kappa shape index (κ2) is 5.20. The Labute approximate surface area is 66.3 Å². The number of nitrogens with two attached hydrogens (primary N) is 1. The first kappa shape index (κ1) is 9.39. The molecule has 0 saturated heterocycles. The molecule has 0 aliphatic rings. The number of primary amides is 1. The van der Waals surface area contributed by atoms with Crippen LogP contribution in [-0.4, -0.2) is 12.1 Å². The van der Waals surface area contributed by atoms with Gasteiger partial charge in [0.25, 0.3) is 0 Å². The Balaban J connectivity index is 3.82. The molecule has 3 N–H and O–H groups in total. The van der Waals surface area contributed by atoms with Crippen LogP contribution in [0.25, 0.3) is 0 Å². The largest absolute Gasteiger partial charge is 0.352 e. The summed E-state index contributed by atoms with van der Waals surface area (Å²) in [6, 6.07) is -0.789. The molecule has 2 amide bonds. The summed E-state index contributed by atoms with van der Waals surface area (Å²) in [4.78, 5) is 10.3. The Morgan fingerprint density at radius 3 is 2.18 bits per heavy atom. The van der Waals surface area contributed by atoms with Gasteiger partial charge in [0.05, 0.1) is 6.04 Å². The van der Waals surface area contributed by atoms with Gasteiger partial charge < -0.3 is 11.1 Å². The highest BCUT2D eigenvalue weighted by Crippen LogP contribution is 1.94. The van der Waals surface area contributed by atoms with Crippen molar-refractivity contribution in [1.82, 2.24) is 5.32 Å². The molecular weight excluding hydrogens is 140 g/mol. The van der Waals surface area contributed by atoms with Crippen molar-refractivity contribution >= 4 is 6.03 Å². The zero-order valence-electron chi connectivity index (χ0n) is 6.13. The van der Waals surface area contributed by atoms with Gasteiger partial charge in [-0.3, -0.25) is 0 Å². The predicted octanol–water partition coefficient (Wildman–Crippen LogP) is 0.0699. The van der Waals surface area contributed by atoms with Crippen molar-refractivity contribution in [3.63, 3.8) is 0 Å². The summed E-state index contributed by atoms with van der Waals surface area (Å²) < 4.78 is 0. The lowest BCUT2D eigenvalue weighted by Gasteiger charge is -2.10. The molecular formula is C8H10N2O. The van der Waals surface area contributed by atoms with Crippen LogP contribution in [0, 0.1) is 24.7 Å². The summed E-state index contributed by atoms with van der Waals surface area (Å²) in [5, 5.41) is 2.44. The summed E-state index contributed by atoms with van der Waals surface area (Å²) in [5.74, 6) is 4.78. The molecule has 58 valence electrons. The van der Waals surface area contributed by atoms with E-state index in [2.05, 4.69) is 17.2 Å². The van der Waals surface area contributed by atoms with E-state index in [9.17, 15) is 4.79 Å². The number of hydrogen-bond donors (Lipinski definition) is 2. The monoisotopic (exact) mass is 150 g/mol.